The van der Waals surface area contributed by atoms with Crippen molar-refractivity contribution in [3.05, 3.63) is 17.7 Å². The molecule has 1 aromatic rings. The van der Waals surface area contributed by atoms with Gasteiger partial charge in [-0.3, -0.25) is 10.1 Å². The van der Waals surface area contributed by atoms with E-state index in [1.54, 1.807) is 39.3 Å². The number of urea groups is 1. The number of hydrogen-bond donors (Lipinski definition) is 3. The summed E-state index contributed by atoms with van der Waals surface area (Å²) in [6.45, 7) is 6.80. The first-order valence-electron chi connectivity index (χ1n) is 7.14. The van der Waals surface area contributed by atoms with Gasteiger partial charge in [-0.05, 0) is 27.7 Å². The van der Waals surface area contributed by atoms with Crippen LogP contribution in [0.4, 0.5) is 9.59 Å². The van der Waals surface area contributed by atoms with E-state index < -0.39 is 29.2 Å². The summed E-state index contributed by atoms with van der Waals surface area (Å²) in [6.07, 6.45) is 0.858. The number of ether oxygens (including phenoxy) is 1. The van der Waals surface area contributed by atoms with Crippen LogP contribution in [0.2, 0.25) is 0 Å². The Hall–Kier alpha value is -2.58. The molecule has 2 heterocycles. The Kier molecular flexibility index (Phi) is 4.06. The summed E-state index contributed by atoms with van der Waals surface area (Å²) in [5.74, 6) is -0.569. The maximum Gasteiger partial charge on any atom is 0.407 e. The van der Waals surface area contributed by atoms with Crippen molar-refractivity contribution in [2.24, 2.45) is 7.05 Å². The third kappa shape index (κ3) is 3.27. The highest BCUT2D eigenvalue weighted by molar-refractivity contribution is 6.07. The number of nitrogens with zero attached hydrogens (tertiary/aromatic N) is 2. The number of aryl methyl sites for hydroxylation is 1. The highest BCUT2D eigenvalue weighted by Crippen LogP contribution is 2.26. The number of aromatic nitrogens is 2. The zero-order valence-electron chi connectivity index (χ0n) is 13.8. The van der Waals surface area contributed by atoms with E-state index in [2.05, 4.69) is 20.9 Å². The van der Waals surface area contributed by atoms with Crippen LogP contribution in [0.25, 0.3) is 0 Å². The molecular weight excluding hydrogens is 302 g/mol. The normalized spacial score (nSPS) is 20.9. The fraction of sp³-hybridized carbons (Fsp3) is 0.571. The molecule has 0 unspecified atom stereocenters. The quantitative estimate of drug-likeness (QED) is 0.692. The van der Waals surface area contributed by atoms with Gasteiger partial charge in [0.2, 0.25) is 0 Å². The van der Waals surface area contributed by atoms with Gasteiger partial charge in [0.25, 0.3) is 5.91 Å². The lowest BCUT2D eigenvalue weighted by Gasteiger charge is -2.26. The molecule has 1 atom stereocenters. The van der Waals surface area contributed by atoms with E-state index in [0.717, 1.165) is 0 Å². The Balaban J connectivity index is 2.27. The Bertz CT molecular complexity index is 661. The van der Waals surface area contributed by atoms with Gasteiger partial charge in [0.05, 0.1) is 18.6 Å². The van der Waals surface area contributed by atoms with E-state index in [9.17, 15) is 14.4 Å². The summed E-state index contributed by atoms with van der Waals surface area (Å²) in [5.41, 5.74) is -1.05. The van der Waals surface area contributed by atoms with E-state index in [1.165, 1.54) is 6.33 Å². The van der Waals surface area contributed by atoms with Gasteiger partial charge in [0.1, 0.15) is 5.60 Å². The SMILES string of the molecule is Cc1c([C@@]2(CNC(=O)OC(C)(C)C)NC(=O)NC2=O)ncn1C. The minimum absolute atomic E-state index is 0.169. The largest absolute Gasteiger partial charge is 0.444 e. The van der Waals surface area contributed by atoms with Crippen molar-refractivity contribution in [3.63, 3.8) is 0 Å². The minimum atomic E-state index is -1.46. The summed E-state index contributed by atoms with van der Waals surface area (Å²) >= 11 is 0. The lowest BCUT2D eigenvalue weighted by Crippen LogP contribution is -2.53. The Labute approximate surface area is 133 Å². The minimum Gasteiger partial charge on any atom is -0.444 e. The molecular formula is C14H21N5O4. The number of alkyl carbamates (subject to hydrolysis) is 1. The second-order valence-corrected chi connectivity index (χ2v) is 6.46. The number of amides is 4. The Morgan fingerprint density at radius 1 is 1.43 bits per heavy atom. The summed E-state index contributed by atoms with van der Waals surface area (Å²) in [4.78, 5) is 40.0. The van der Waals surface area contributed by atoms with Gasteiger partial charge in [-0.25, -0.2) is 14.6 Å². The smallest absolute Gasteiger partial charge is 0.407 e. The molecule has 0 aliphatic carbocycles. The van der Waals surface area contributed by atoms with Gasteiger partial charge in [-0.15, -0.1) is 0 Å². The number of imidazole rings is 1. The van der Waals surface area contributed by atoms with Crippen molar-refractivity contribution in [2.75, 3.05) is 6.54 Å². The van der Waals surface area contributed by atoms with Gasteiger partial charge >= 0.3 is 12.1 Å². The van der Waals surface area contributed by atoms with Crippen LogP contribution in [0, 0.1) is 6.92 Å². The van der Waals surface area contributed by atoms with Crippen LogP contribution in [-0.4, -0.2) is 39.7 Å². The fourth-order valence-electron chi connectivity index (χ4n) is 2.30. The van der Waals surface area contributed by atoms with Crippen LogP contribution in [-0.2, 0) is 22.1 Å². The molecule has 0 radical (unpaired) electrons. The van der Waals surface area contributed by atoms with Crippen LogP contribution in [0.15, 0.2) is 6.33 Å². The first-order chi connectivity index (χ1) is 10.5. The molecule has 0 spiro atoms. The molecule has 3 N–H and O–H groups in total. The zero-order valence-corrected chi connectivity index (χ0v) is 13.8. The van der Waals surface area contributed by atoms with Gasteiger partial charge in [-0.2, -0.15) is 0 Å². The van der Waals surface area contributed by atoms with Crippen molar-refractivity contribution in [1.82, 2.24) is 25.5 Å². The highest BCUT2D eigenvalue weighted by atomic mass is 16.6. The topological polar surface area (TPSA) is 114 Å². The molecule has 9 nitrogen and oxygen atoms in total. The molecule has 1 aliphatic heterocycles. The zero-order chi connectivity index (χ0) is 17.4. The average Bonchev–Trinajstić information content (AvgIpc) is 2.87. The van der Waals surface area contributed by atoms with Crippen molar-refractivity contribution in [2.45, 2.75) is 38.8 Å². The second kappa shape index (κ2) is 5.56. The third-order valence-corrected chi connectivity index (χ3v) is 3.47. The highest BCUT2D eigenvalue weighted by Gasteiger charge is 2.50. The molecule has 1 fully saturated rings. The van der Waals surface area contributed by atoms with Gasteiger partial charge in [-0.1, -0.05) is 0 Å². The van der Waals surface area contributed by atoms with Gasteiger partial charge < -0.3 is 19.9 Å². The van der Waals surface area contributed by atoms with Crippen molar-refractivity contribution in [3.8, 4) is 0 Å². The molecule has 1 aliphatic rings. The molecule has 2 rings (SSSR count). The summed E-state index contributed by atoms with van der Waals surface area (Å²) < 4.78 is 6.88. The molecule has 9 heteroatoms. The first kappa shape index (κ1) is 16.8. The van der Waals surface area contributed by atoms with Crippen LogP contribution >= 0.6 is 0 Å². The van der Waals surface area contributed by atoms with E-state index in [-0.39, 0.29) is 6.54 Å². The second-order valence-electron chi connectivity index (χ2n) is 6.46. The number of carbonyl (C=O) groups excluding carboxylic acids is 3. The fourth-order valence-corrected chi connectivity index (χ4v) is 2.30. The lowest BCUT2D eigenvalue weighted by atomic mass is 9.93. The maximum atomic E-state index is 12.3. The van der Waals surface area contributed by atoms with Crippen molar-refractivity contribution in [1.29, 1.82) is 0 Å². The molecule has 0 saturated carbocycles. The van der Waals surface area contributed by atoms with Crippen LogP contribution in [0.1, 0.15) is 32.2 Å². The van der Waals surface area contributed by atoms with Gasteiger partial charge in [0.15, 0.2) is 5.54 Å². The summed E-state index contributed by atoms with van der Waals surface area (Å²) in [7, 11) is 1.77. The van der Waals surface area contributed by atoms with Crippen molar-refractivity contribution >= 4 is 18.0 Å². The van der Waals surface area contributed by atoms with Crippen molar-refractivity contribution < 1.29 is 19.1 Å². The predicted octanol–water partition coefficient (Wildman–Crippen LogP) is 0.288. The molecule has 126 valence electrons. The maximum absolute atomic E-state index is 12.3. The van der Waals surface area contributed by atoms with Crippen LogP contribution in [0.5, 0.6) is 0 Å². The number of nitrogens with one attached hydrogen (secondary N) is 3. The molecule has 1 aromatic heterocycles. The van der Waals surface area contributed by atoms with Crippen LogP contribution in [0.3, 0.4) is 0 Å². The standard InChI is InChI=1S/C14H21N5O4/c1-8-9(16-7-19(8)5)14(10(20)17-11(21)18-14)6-15-12(22)23-13(2,3)4/h7H,6H2,1-5H3,(H,15,22)(H2,17,18,20,21)/t14-/m1/s1. The molecule has 4 amide bonds. The number of carbonyl (C=O) groups is 3. The Morgan fingerprint density at radius 3 is 2.52 bits per heavy atom. The lowest BCUT2D eigenvalue weighted by molar-refractivity contribution is -0.124. The van der Waals surface area contributed by atoms with Gasteiger partial charge in [0, 0.05) is 12.7 Å². The summed E-state index contributed by atoms with van der Waals surface area (Å²) in [5, 5.41) is 7.27. The summed E-state index contributed by atoms with van der Waals surface area (Å²) in [6, 6.07) is -0.633. The van der Waals surface area contributed by atoms with E-state index in [1.807, 2.05) is 0 Å². The number of imide groups is 1. The molecule has 0 bridgehead atoms. The average molecular weight is 323 g/mol. The van der Waals surface area contributed by atoms with E-state index in [4.69, 9.17) is 4.74 Å². The number of hydrogen-bond acceptors (Lipinski definition) is 5. The third-order valence-electron chi connectivity index (χ3n) is 3.47. The molecule has 0 aromatic carbocycles. The molecule has 23 heavy (non-hydrogen) atoms. The predicted molar refractivity (Wildman–Crippen MR) is 80.5 cm³/mol. The first-order valence-corrected chi connectivity index (χ1v) is 7.14. The monoisotopic (exact) mass is 323 g/mol. The van der Waals surface area contributed by atoms with E-state index >= 15 is 0 Å². The number of rotatable bonds is 3. The Morgan fingerprint density at radius 2 is 2.09 bits per heavy atom. The van der Waals surface area contributed by atoms with Crippen LogP contribution < -0.4 is 16.0 Å². The molecule has 1 saturated heterocycles. The van der Waals surface area contributed by atoms with E-state index in [0.29, 0.717) is 11.4 Å².